The van der Waals surface area contributed by atoms with Gasteiger partial charge in [0, 0.05) is 0 Å². The van der Waals surface area contributed by atoms with Crippen LogP contribution in [-0.4, -0.2) is 12.6 Å². The third kappa shape index (κ3) is 4.36. The second-order valence-electron chi connectivity index (χ2n) is 5.80. The van der Waals surface area contributed by atoms with Crippen LogP contribution in [0.5, 0.6) is 0 Å². The van der Waals surface area contributed by atoms with Crippen LogP contribution in [0, 0.1) is 12.8 Å². The van der Waals surface area contributed by atoms with Gasteiger partial charge in [-0.25, -0.2) is 0 Å². The molecule has 0 aromatic carbocycles. The van der Waals surface area contributed by atoms with Crippen LogP contribution in [0.25, 0.3) is 0 Å². The zero-order valence-corrected chi connectivity index (χ0v) is 12.5. The van der Waals surface area contributed by atoms with Gasteiger partial charge < -0.3 is 14.5 Å². The van der Waals surface area contributed by atoms with Crippen LogP contribution in [0.15, 0.2) is 10.5 Å². The van der Waals surface area contributed by atoms with Gasteiger partial charge >= 0.3 is 0 Å². The highest BCUT2D eigenvalue weighted by Crippen LogP contribution is 2.26. The number of nitrogens with one attached hydrogen (secondary N) is 1. The van der Waals surface area contributed by atoms with E-state index in [2.05, 4.69) is 32.2 Å². The Kier molecular flexibility index (Phi) is 5.46. The van der Waals surface area contributed by atoms with Crippen LogP contribution >= 0.6 is 0 Å². The molecule has 19 heavy (non-hydrogen) atoms. The molecular weight excluding hydrogens is 238 g/mol. The summed E-state index contributed by atoms with van der Waals surface area (Å²) in [7, 11) is 0. The van der Waals surface area contributed by atoms with Crippen molar-refractivity contribution in [2.75, 3.05) is 6.54 Å². The number of furan rings is 1. The SMILES string of the molecule is CCNCc1oc(COC2CCCC(C)C2)cc1C. The van der Waals surface area contributed by atoms with Gasteiger partial charge in [0.15, 0.2) is 0 Å². The van der Waals surface area contributed by atoms with E-state index >= 15 is 0 Å². The highest BCUT2D eigenvalue weighted by atomic mass is 16.5. The molecule has 0 amide bonds. The van der Waals surface area contributed by atoms with Gasteiger partial charge in [0.25, 0.3) is 0 Å². The van der Waals surface area contributed by atoms with E-state index in [4.69, 9.17) is 9.15 Å². The van der Waals surface area contributed by atoms with E-state index in [0.29, 0.717) is 12.7 Å². The van der Waals surface area contributed by atoms with Crippen molar-refractivity contribution in [1.29, 1.82) is 0 Å². The Labute approximate surface area is 116 Å². The summed E-state index contributed by atoms with van der Waals surface area (Å²) in [6.45, 7) is 8.91. The van der Waals surface area contributed by atoms with E-state index in [1.807, 2.05) is 0 Å². The monoisotopic (exact) mass is 265 g/mol. The first-order valence-electron chi connectivity index (χ1n) is 7.59. The molecule has 0 bridgehead atoms. The van der Waals surface area contributed by atoms with E-state index in [0.717, 1.165) is 30.5 Å². The van der Waals surface area contributed by atoms with E-state index in [1.165, 1.54) is 31.2 Å². The van der Waals surface area contributed by atoms with Crippen molar-refractivity contribution in [1.82, 2.24) is 5.32 Å². The fourth-order valence-electron chi connectivity index (χ4n) is 2.81. The van der Waals surface area contributed by atoms with Gasteiger partial charge in [-0.15, -0.1) is 0 Å². The minimum Gasteiger partial charge on any atom is -0.462 e. The molecule has 0 saturated heterocycles. The van der Waals surface area contributed by atoms with E-state index in [-0.39, 0.29) is 0 Å². The number of aryl methyl sites for hydroxylation is 1. The summed E-state index contributed by atoms with van der Waals surface area (Å²) in [6.07, 6.45) is 5.48. The van der Waals surface area contributed by atoms with Gasteiger partial charge in [-0.2, -0.15) is 0 Å². The molecule has 2 atom stereocenters. The van der Waals surface area contributed by atoms with Crippen molar-refractivity contribution >= 4 is 0 Å². The Morgan fingerprint density at radius 3 is 3.00 bits per heavy atom. The topological polar surface area (TPSA) is 34.4 Å². The van der Waals surface area contributed by atoms with Gasteiger partial charge in [0.2, 0.25) is 0 Å². The molecule has 1 N–H and O–H groups in total. The number of hydrogen-bond acceptors (Lipinski definition) is 3. The summed E-state index contributed by atoms with van der Waals surface area (Å²) in [5.41, 5.74) is 1.22. The molecule has 3 nitrogen and oxygen atoms in total. The standard InChI is InChI=1S/C16H27NO2/c1-4-17-10-16-13(3)9-15(19-16)11-18-14-7-5-6-12(2)8-14/h9,12,14,17H,4-8,10-11H2,1-3H3. The molecule has 2 rings (SSSR count). The molecule has 1 aromatic heterocycles. The summed E-state index contributed by atoms with van der Waals surface area (Å²) in [4.78, 5) is 0. The fourth-order valence-corrected chi connectivity index (χ4v) is 2.81. The summed E-state index contributed by atoms with van der Waals surface area (Å²) in [5, 5.41) is 3.30. The Morgan fingerprint density at radius 2 is 2.26 bits per heavy atom. The summed E-state index contributed by atoms with van der Waals surface area (Å²) in [5.74, 6) is 2.81. The average molecular weight is 265 g/mol. The van der Waals surface area contributed by atoms with Crippen LogP contribution in [0.4, 0.5) is 0 Å². The lowest BCUT2D eigenvalue weighted by molar-refractivity contribution is -0.00300. The minimum absolute atomic E-state index is 0.423. The second-order valence-corrected chi connectivity index (χ2v) is 5.80. The maximum absolute atomic E-state index is 6.00. The lowest BCUT2D eigenvalue weighted by Gasteiger charge is -2.26. The minimum atomic E-state index is 0.423. The largest absolute Gasteiger partial charge is 0.462 e. The van der Waals surface area contributed by atoms with Crippen LogP contribution in [0.1, 0.15) is 56.6 Å². The van der Waals surface area contributed by atoms with Gasteiger partial charge in [-0.3, -0.25) is 0 Å². The first-order valence-corrected chi connectivity index (χ1v) is 7.59. The quantitative estimate of drug-likeness (QED) is 0.849. The summed E-state index contributed by atoms with van der Waals surface area (Å²) in [6, 6.07) is 2.11. The predicted molar refractivity (Wildman–Crippen MR) is 77.0 cm³/mol. The van der Waals surface area contributed by atoms with Crippen LogP contribution in [-0.2, 0) is 17.9 Å². The van der Waals surface area contributed by atoms with Crippen molar-refractivity contribution in [3.63, 3.8) is 0 Å². The molecular formula is C16H27NO2. The first kappa shape index (κ1) is 14.6. The summed E-state index contributed by atoms with van der Waals surface area (Å²) < 4.78 is 11.8. The smallest absolute Gasteiger partial charge is 0.130 e. The van der Waals surface area contributed by atoms with E-state index < -0.39 is 0 Å². The van der Waals surface area contributed by atoms with E-state index in [1.54, 1.807) is 0 Å². The number of rotatable bonds is 6. The Hall–Kier alpha value is -0.800. The van der Waals surface area contributed by atoms with Crippen LogP contribution < -0.4 is 5.32 Å². The molecule has 108 valence electrons. The van der Waals surface area contributed by atoms with Crippen molar-refractivity contribution in [3.05, 3.63) is 23.2 Å². The normalized spacial score (nSPS) is 23.7. The molecule has 1 aromatic rings. The van der Waals surface area contributed by atoms with Crippen molar-refractivity contribution in [2.24, 2.45) is 5.92 Å². The second kappa shape index (κ2) is 7.11. The Morgan fingerprint density at radius 1 is 1.42 bits per heavy atom. The highest BCUT2D eigenvalue weighted by molar-refractivity contribution is 5.19. The third-order valence-electron chi connectivity index (χ3n) is 3.96. The molecule has 3 heteroatoms. The van der Waals surface area contributed by atoms with Crippen molar-refractivity contribution in [3.8, 4) is 0 Å². The average Bonchev–Trinajstić information content (AvgIpc) is 2.75. The zero-order valence-electron chi connectivity index (χ0n) is 12.5. The van der Waals surface area contributed by atoms with Gasteiger partial charge in [0.1, 0.15) is 18.1 Å². The molecule has 0 radical (unpaired) electrons. The lowest BCUT2D eigenvalue weighted by atomic mass is 9.89. The first-order chi connectivity index (χ1) is 9.19. The molecule has 2 unspecified atom stereocenters. The van der Waals surface area contributed by atoms with Gasteiger partial charge in [-0.05, 0) is 43.9 Å². The number of hydrogen-bond donors (Lipinski definition) is 1. The third-order valence-corrected chi connectivity index (χ3v) is 3.96. The zero-order chi connectivity index (χ0) is 13.7. The van der Waals surface area contributed by atoms with Crippen molar-refractivity contribution in [2.45, 2.75) is 65.7 Å². The maximum atomic E-state index is 6.00. The van der Waals surface area contributed by atoms with Gasteiger partial charge in [-0.1, -0.05) is 26.7 Å². The van der Waals surface area contributed by atoms with Crippen molar-refractivity contribution < 1.29 is 9.15 Å². The molecule has 1 heterocycles. The maximum Gasteiger partial charge on any atom is 0.130 e. The fraction of sp³-hybridized carbons (Fsp3) is 0.750. The van der Waals surface area contributed by atoms with Gasteiger partial charge in [0.05, 0.1) is 12.6 Å². The molecule has 1 fully saturated rings. The molecule has 1 saturated carbocycles. The lowest BCUT2D eigenvalue weighted by Crippen LogP contribution is -2.21. The highest BCUT2D eigenvalue weighted by Gasteiger charge is 2.19. The Bertz CT molecular complexity index is 386. The van der Waals surface area contributed by atoms with E-state index in [9.17, 15) is 0 Å². The molecule has 0 spiro atoms. The predicted octanol–water partition coefficient (Wildman–Crippen LogP) is 3.79. The summed E-state index contributed by atoms with van der Waals surface area (Å²) >= 11 is 0. The molecule has 1 aliphatic rings. The van der Waals surface area contributed by atoms with Crippen LogP contribution in [0.2, 0.25) is 0 Å². The molecule has 0 aliphatic heterocycles. The molecule has 1 aliphatic carbocycles. The Balaban J connectivity index is 1.82. The number of ether oxygens (including phenoxy) is 1. The van der Waals surface area contributed by atoms with Crippen LogP contribution in [0.3, 0.4) is 0 Å².